The largest absolute Gasteiger partial charge is 0.497 e. The van der Waals surface area contributed by atoms with Crippen LogP contribution in [0.4, 0.5) is 0 Å². The normalized spacial score (nSPS) is 11.5. The number of methoxy groups -OCH3 is 1. The lowest BCUT2D eigenvalue weighted by atomic mass is 10.2. The van der Waals surface area contributed by atoms with Gasteiger partial charge >= 0.3 is 0 Å². The summed E-state index contributed by atoms with van der Waals surface area (Å²) < 4.78 is 5.21. The van der Waals surface area contributed by atoms with Crippen LogP contribution in [0.2, 0.25) is 0 Å². The van der Waals surface area contributed by atoms with Gasteiger partial charge in [-0.2, -0.15) is 0 Å². The third kappa shape index (κ3) is 5.74. The summed E-state index contributed by atoms with van der Waals surface area (Å²) in [4.78, 5) is 12.7. The zero-order valence-corrected chi connectivity index (χ0v) is 16.6. The van der Waals surface area contributed by atoms with E-state index in [1.165, 1.54) is 10.4 Å². The number of guanidine groups is 1. The van der Waals surface area contributed by atoms with Crippen LogP contribution >= 0.6 is 11.3 Å². The highest BCUT2D eigenvalue weighted by atomic mass is 32.1. The molecule has 0 amide bonds. The van der Waals surface area contributed by atoms with Crippen molar-refractivity contribution in [2.24, 2.45) is 4.99 Å². The van der Waals surface area contributed by atoms with Crippen molar-refractivity contribution in [3.8, 4) is 5.75 Å². The van der Waals surface area contributed by atoms with Crippen LogP contribution in [0, 0.1) is 13.8 Å². The SMILES string of the molecule is CCNC(=NCCc1sc(C)nc1C)N(C)Cc1ccc(OC)cc1. The lowest BCUT2D eigenvalue weighted by Crippen LogP contribution is -2.38. The molecule has 1 N–H and O–H groups in total. The van der Waals surface area contributed by atoms with Crippen LogP contribution in [-0.4, -0.2) is 43.1 Å². The van der Waals surface area contributed by atoms with Gasteiger partial charge in [0.15, 0.2) is 5.96 Å². The summed E-state index contributed by atoms with van der Waals surface area (Å²) in [7, 11) is 3.75. The molecule has 2 aromatic rings. The molecule has 0 saturated carbocycles. The minimum atomic E-state index is 0.762. The Morgan fingerprint density at radius 2 is 2.00 bits per heavy atom. The quantitative estimate of drug-likeness (QED) is 0.607. The molecule has 5 nitrogen and oxygen atoms in total. The zero-order chi connectivity index (χ0) is 18.2. The number of rotatable bonds is 7. The van der Waals surface area contributed by atoms with Gasteiger partial charge in [-0.05, 0) is 38.5 Å². The number of benzene rings is 1. The predicted molar refractivity (Wildman–Crippen MR) is 106 cm³/mol. The second-order valence-electron chi connectivity index (χ2n) is 5.93. The van der Waals surface area contributed by atoms with Crippen LogP contribution < -0.4 is 10.1 Å². The summed E-state index contributed by atoms with van der Waals surface area (Å²) >= 11 is 1.77. The topological polar surface area (TPSA) is 49.8 Å². The molecular formula is C19H28N4OS. The van der Waals surface area contributed by atoms with E-state index in [2.05, 4.69) is 55.2 Å². The van der Waals surface area contributed by atoms with Gasteiger partial charge in [-0.1, -0.05) is 12.1 Å². The van der Waals surface area contributed by atoms with Crippen molar-refractivity contribution in [3.63, 3.8) is 0 Å². The maximum absolute atomic E-state index is 5.21. The molecule has 0 aliphatic carbocycles. The summed E-state index contributed by atoms with van der Waals surface area (Å²) in [6.45, 7) is 8.63. The maximum Gasteiger partial charge on any atom is 0.193 e. The van der Waals surface area contributed by atoms with Crippen molar-refractivity contribution in [2.75, 3.05) is 27.2 Å². The molecule has 136 valence electrons. The standard InChI is InChI=1S/C19H28N4OS/c1-6-20-19(21-12-11-18-14(2)22-15(3)25-18)23(4)13-16-7-9-17(24-5)10-8-16/h7-10H,6,11-13H2,1-5H3,(H,20,21). The Bertz CT molecular complexity index is 694. The first-order valence-corrected chi connectivity index (χ1v) is 9.40. The molecule has 0 aliphatic rings. The van der Waals surface area contributed by atoms with Gasteiger partial charge in [-0.25, -0.2) is 4.98 Å². The number of aromatic nitrogens is 1. The van der Waals surface area contributed by atoms with Crippen molar-refractivity contribution in [1.82, 2.24) is 15.2 Å². The van der Waals surface area contributed by atoms with Crippen LogP contribution in [0.25, 0.3) is 0 Å². The first-order valence-electron chi connectivity index (χ1n) is 8.58. The number of nitrogens with zero attached hydrogens (tertiary/aromatic N) is 3. The molecule has 0 radical (unpaired) electrons. The predicted octanol–water partition coefficient (Wildman–Crippen LogP) is 3.41. The van der Waals surface area contributed by atoms with Crippen LogP contribution in [0.5, 0.6) is 5.75 Å². The molecule has 1 aromatic carbocycles. The van der Waals surface area contributed by atoms with E-state index in [0.717, 1.165) is 48.5 Å². The molecule has 0 unspecified atom stereocenters. The van der Waals surface area contributed by atoms with E-state index in [-0.39, 0.29) is 0 Å². The highest BCUT2D eigenvalue weighted by Crippen LogP contribution is 2.17. The maximum atomic E-state index is 5.21. The summed E-state index contributed by atoms with van der Waals surface area (Å²) in [5.74, 6) is 1.81. The molecule has 0 aliphatic heterocycles. The summed E-state index contributed by atoms with van der Waals surface area (Å²) in [6, 6.07) is 8.15. The smallest absolute Gasteiger partial charge is 0.193 e. The van der Waals surface area contributed by atoms with Crippen molar-refractivity contribution >= 4 is 17.3 Å². The molecule has 0 spiro atoms. The van der Waals surface area contributed by atoms with Crippen molar-refractivity contribution in [3.05, 3.63) is 45.4 Å². The van der Waals surface area contributed by atoms with Crippen molar-refractivity contribution in [1.29, 1.82) is 0 Å². The Balaban J connectivity index is 1.98. The fourth-order valence-electron chi connectivity index (χ4n) is 2.62. The van der Waals surface area contributed by atoms with E-state index in [9.17, 15) is 0 Å². The van der Waals surface area contributed by atoms with E-state index in [1.54, 1.807) is 18.4 Å². The van der Waals surface area contributed by atoms with E-state index in [0.29, 0.717) is 0 Å². The highest BCUT2D eigenvalue weighted by Gasteiger charge is 2.08. The third-order valence-electron chi connectivity index (χ3n) is 3.88. The third-order valence-corrected chi connectivity index (χ3v) is 5.01. The van der Waals surface area contributed by atoms with Gasteiger partial charge in [0.05, 0.1) is 17.8 Å². The number of ether oxygens (including phenoxy) is 1. The van der Waals surface area contributed by atoms with Gasteiger partial charge in [0.2, 0.25) is 0 Å². The fraction of sp³-hybridized carbons (Fsp3) is 0.474. The minimum absolute atomic E-state index is 0.762. The van der Waals surface area contributed by atoms with Gasteiger partial charge in [0, 0.05) is 38.0 Å². The number of hydrogen-bond donors (Lipinski definition) is 1. The van der Waals surface area contributed by atoms with E-state index < -0.39 is 0 Å². The minimum Gasteiger partial charge on any atom is -0.497 e. The highest BCUT2D eigenvalue weighted by molar-refractivity contribution is 7.11. The van der Waals surface area contributed by atoms with Crippen molar-refractivity contribution < 1.29 is 4.74 Å². The Morgan fingerprint density at radius 1 is 1.28 bits per heavy atom. The van der Waals surface area contributed by atoms with Crippen LogP contribution in [0.15, 0.2) is 29.3 Å². The molecular weight excluding hydrogens is 332 g/mol. The number of nitrogens with one attached hydrogen (secondary N) is 1. The lowest BCUT2D eigenvalue weighted by Gasteiger charge is -2.22. The molecule has 1 aromatic heterocycles. The van der Waals surface area contributed by atoms with Crippen LogP contribution in [-0.2, 0) is 13.0 Å². The Labute approximate surface area is 154 Å². The molecule has 2 rings (SSSR count). The molecule has 0 saturated heterocycles. The van der Waals surface area contributed by atoms with Gasteiger partial charge in [-0.15, -0.1) is 11.3 Å². The second-order valence-corrected chi connectivity index (χ2v) is 7.22. The molecule has 25 heavy (non-hydrogen) atoms. The summed E-state index contributed by atoms with van der Waals surface area (Å²) in [5, 5.41) is 4.50. The molecule has 6 heteroatoms. The average Bonchev–Trinajstić information content (AvgIpc) is 2.92. The Morgan fingerprint density at radius 3 is 2.56 bits per heavy atom. The monoisotopic (exact) mass is 360 g/mol. The van der Waals surface area contributed by atoms with Gasteiger partial charge < -0.3 is 15.0 Å². The Kier molecular flexibility index (Phi) is 7.25. The number of hydrogen-bond acceptors (Lipinski definition) is 4. The second kappa shape index (κ2) is 9.42. The molecule has 0 bridgehead atoms. The molecule has 0 fully saturated rings. The first-order chi connectivity index (χ1) is 12.0. The average molecular weight is 361 g/mol. The van der Waals surface area contributed by atoms with Crippen LogP contribution in [0.3, 0.4) is 0 Å². The van der Waals surface area contributed by atoms with Crippen LogP contribution in [0.1, 0.15) is 28.1 Å². The van der Waals surface area contributed by atoms with E-state index >= 15 is 0 Å². The van der Waals surface area contributed by atoms with Crippen molar-refractivity contribution in [2.45, 2.75) is 33.7 Å². The summed E-state index contributed by atoms with van der Waals surface area (Å²) in [6.07, 6.45) is 0.933. The van der Waals surface area contributed by atoms with Gasteiger partial charge in [0.1, 0.15) is 5.75 Å². The fourth-order valence-corrected chi connectivity index (χ4v) is 3.54. The number of thiazole rings is 1. The Hall–Kier alpha value is -2.08. The molecule has 1 heterocycles. The van der Waals surface area contributed by atoms with Gasteiger partial charge in [-0.3, -0.25) is 4.99 Å². The zero-order valence-electron chi connectivity index (χ0n) is 15.8. The summed E-state index contributed by atoms with van der Waals surface area (Å²) in [5.41, 5.74) is 2.36. The first kappa shape index (κ1) is 19.2. The number of aliphatic imine (C=N–C) groups is 1. The lowest BCUT2D eigenvalue weighted by molar-refractivity contribution is 0.414. The molecule has 0 atom stereocenters. The number of aryl methyl sites for hydroxylation is 2. The van der Waals surface area contributed by atoms with E-state index in [1.807, 2.05) is 12.1 Å². The van der Waals surface area contributed by atoms with Gasteiger partial charge in [0.25, 0.3) is 0 Å². The van der Waals surface area contributed by atoms with E-state index in [4.69, 9.17) is 9.73 Å².